The molecule has 1 aromatic heterocycles. The van der Waals surface area contributed by atoms with Gasteiger partial charge in [0.05, 0.1) is 18.4 Å². The number of rotatable bonds is 5. The Morgan fingerprint density at radius 3 is 2.42 bits per heavy atom. The molecule has 0 fully saturated rings. The fraction of sp³-hybridized carbons (Fsp3) is 0.0500. The highest BCUT2D eigenvalue weighted by molar-refractivity contribution is 6.03. The second kappa shape index (κ2) is 7.94. The minimum Gasteiger partial charge on any atom is -0.465 e. The van der Waals surface area contributed by atoms with E-state index in [2.05, 4.69) is 15.6 Å². The molecular weight excluding hydrogens is 330 g/mol. The van der Waals surface area contributed by atoms with Crippen molar-refractivity contribution in [1.29, 1.82) is 0 Å². The number of nitrogens with zero attached hydrogens (tertiary/aromatic N) is 1. The van der Waals surface area contributed by atoms with E-state index in [-0.39, 0.29) is 11.6 Å². The van der Waals surface area contributed by atoms with Crippen LogP contribution in [0.4, 0.5) is 17.1 Å². The zero-order valence-electron chi connectivity index (χ0n) is 14.1. The van der Waals surface area contributed by atoms with E-state index in [4.69, 9.17) is 4.74 Å². The van der Waals surface area contributed by atoms with Gasteiger partial charge in [0.1, 0.15) is 5.69 Å². The van der Waals surface area contributed by atoms with Crippen molar-refractivity contribution in [2.45, 2.75) is 0 Å². The number of pyridine rings is 1. The second-order valence-electron chi connectivity index (χ2n) is 5.41. The van der Waals surface area contributed by atoms with E-state index in [1.165, 1.54) is 13.3 Å². The molecule has 1 heterocycles. The first-order valence-electron chi connectivity index (χ1n) is 7.94. The predicted octanol–water partition coefficient (Wildman–Crippen LogP) is 3.86. The zero-order valence-corrected chi connectivity index (χ0v) is 14.1. The molecule has 0 aliphatic heterocycles. The van der Waals surface area contributed by atoms with Crippen molar-refractivity contribution in [3.8, 4) is 0 Å². The minimum atomic E-state index is -0.441. The first kappa shape index (κ1) is 17.2. The summed E-state index contributed by atoms with van der Waals surface area (Å²) in [5.74, 6) is -0.759. The van der Waals surface area contributed by atoms with Gasteiger partial charge in [-0.15, -0.1) is 0 Å². The summed E-state index contributed by atoms with van der Waals surface area (Å²) in [5.41, 5.74) is 2.57. The number of benzene rings is 2. The van der Waals surface area contributed by atoms with E-state index in [0.29, 0.717) is 22.6 Å². The van der Waals surface area contributed by atoms with Crippen LogP contribution in [0, 0.1) is 0 Å². The van der Waals surface area contributed by atoms with Crippen molar-refractivity contribution in [3.05, 3.63) is 84.2 Å². The number of para-hydroxylation sites is 2. The molecule has 6 nitrogen and oxygen atoms in total. The summed E-state index contributed by atoms with van der Waals surface area (Å²) in [4.78, 5) is 28.3. The highest BCUT2D eigenvalue weighted by Gasteiger charge is 2.12. The summed E-state index contributed by atoms with van der Waals surface area (Å²) in [6.45, 7) is 0. The number of carbonyl (C=O) groups is 2. The summed E-state index contributed by atoms with van der Waals surface area (Å²) in [6.07, 6.45) is 1.53. The maximum absolute atomic E-state index is 12.4. The molecule has 3 aromatic rings. The quantitative estimate of drug-likeness (QED) is 0.685. The molecule has 0 saturated heterocycles. The fourth-order valence-corrected chi connectivity index (χ4v) is 2.38. The van der Waals surface area contributed by atoms with E-state index in [1.807, 2.05) is 18.2 Å². The van der Waals surface area contributed by atoms with E-state index in [0.717, 1.165) is 0 Å². The Morgan fingerprint density at radius 2 is 1.65 bits per heavy atom. The van der Waals surface area contributed by atoms with Gasteiger partial charge in [-0.25, -0.2) is 4.79 Å². The number of hydrogen-bond donors (Lipinski definition) is 2. The Hall–Kier alpha value is -3.67. The lowest BCUT2D eigenvalue weighted by molar-refractivity contribution is 0.0601. The number of anilines is 3. The highest BCUT2D eigenvalue weighted by Crippen LogP contribution is 2.22. The summed E-state index contributed by atoms with van der Waals surface area (Å²) >= 11 is 0. The van der Waals surface area contributed by atoms with Crippen LogP contribution >= 0.6 is 0 Å². The average Bonchev–Trinajstić information content (AvgIpc) is 2.69. The van der Waals surface area contributed by atoms with Gasteiger partial charge in [-0.1, -0.05) is 30.3 Å². The molecule has 0 aliphatic carbocycles. The molecule has 0 saturated carbocycles. The third-order valence-corrected chi connectivity index (χ3v) is 3.64. The monoisotopic (exact) mass is 347 g/mol. The molecule has 26 heavy (non-hydrogen) atoms. The Balaban J connectivity index is 1.80. The Labute approximate surface area is 150 Å². The Morgan fingerprint density at radius 1 is 0.923 bits per heavy atom. The molecule has 0 spiro atoms. The maximum atomic E-state index is 12.4. The lowest BCUT2D eigenvalue weighted by Crippen LogP contribution is -2.13. The summed E-state index contributed by atoms with van der Waals surface area (Å²) < 4.78 is 4.79. The van der Waals surface area contributed by atoms with Crippen LogP contribution in [0.15, 0.2) is 72.9 Å². The molecule has 6 heteroatoms. The van der Waals surface area contributed by atoms with Gasteiger partial charge in [-0.2, -0.15) is 0 Å². The van der Waals surface area contributed by atoms with Crippen LogP contribution in [0.3, 0.4) is 0 Å². The molecule has 2 aromatic carbocycles. The van der Waals surface area contributed by atoms with Gasteiger partial charge in [-0.05, 0) is 36.4 Å². The fourth-order valence-electron chi connectivity index (χ4n) is 2.38. The molecule has 0 atom stereocenters. The summed E-state index contributed by atoms with van der Waals surface area (Å²) in [6, 6.07) is 19.5. The van der Waals surface area contributed by atoms with Gasteiger partial charge >= 0.3 is 5.97 Å². The first-order valence-corrected chi connectivity index (χ1v) is 7.94. The summed E-state index contributed by atoms with van der Waals surface area (Å²) in [5, 5.41) is 5.91. The van der Waals surface area contributed by atoms with Gasteiger partial charge in [-0.3, -0.25) is 9.78 Å². The largest absolute Gasteiger partial charge is 0.465 e. The number of aromatic nitrogens is 1. The smallest absolute Gasteiger partial charge is 0.339 e. The van der Waals surface area contributed by atoms with Crippen molar-refractivity contribution in [2.75, 3.05) is 17.7 Å². The standard InChI is InChI=1S/C20H17N3O3/c1-26-20(25)16-9-5-6-10-17(16)22-15-11-12-21-18(13-15)19(24)23-14-7-3-2-4-8-14/h2-13H,1H3,(H,21,22)(H,23,24). The van der Waals surface area contributed by atoms with Crippen LogP contribution in [-0.4, -0.2) is 24.0 Å². The zero-order chi connectivity index (χ0) is 18.4. The Bertz CT molecular complexity index is 926. The van der Waals surface area contributed by atoms with Crippen LogP contribution in [-0.2, 0) is 4.74 Å². The van der Waals surface area contributed by atoms with E-state index >= 15 is 0 Å². The molecule has 130 valence electrons. The molecule has 3 rings (SSSR count). The number of carbonyl (C=O) groups excluding carboxylic acids is 2. The second-order valence-corrected chi connectivity index (χ2v) is 5.41. The van der Waals surface area contributed by atoms with E-state index in [1.54, 1.807) is 48.5 Å². The lowest BCUT2D eigenvalue weighted by Gasteiger charge is -2.11. The van der Waals surface area contributed by atoms with E-state index in [9.17, 15) is 9.59 Å². The van der Waals surface area contributed by atoms with Crippen molar-refractivity contribution in [1.82, 2.24) is 4.98 Å². The molecule has 0 unspecified atom stereocenters. The van der Waals surface area contributed by atoms with Crippen LogP contribution in [0.5, 0.6) is 0 Å². The molecule has 0 aliphatic rings. The van der Waals surface area contributed by atoms with Gasteiger partial charge in [0.15, 0.2) is 0 Å². The first-order chi connectivity index (χ1) is 12.7. The molecule has 1 amide bonds. The number of esters is 1. The Kier molecular flexibility index (Phi) is 5.24. The van der Waals surface area contributed by atoms with Crippen LogP contribution in [0.1, 0.15) is 20.8 Å². The van der Waals surface area contributed by atoms with Gasteiger partial charge in [0.25, 0.3) is 5.91 Å². The molecule has 2 N–H and O–H groups in total. The third-order valence-electron chi connectivity index (χ3n) is 3.64. The highest BCUT2D eigenvalue weighted by atomic mass is 16.5. The van der Waals surface area contributed by atoms with Crippen LogP contribution < -0.4 is 10.6 Å². The molecule has 0 bridgehead atoms. The molecular formula is C20H17N3O3. The normalized spacial score (nSPS) is 10.0. The van der Waals surface area contributed by atoms with Crippen molar-refractivity contribution in [2.24, 2.45) is 0 Å². The van der Waals surface area contributed by atoms with Crippen LogP contribution in [0.2, 0.25) is 0 Å². The predicted molar refractivity (Wildman–Crippen MR) is 99.7 cm³/mol. The number of ether oxygens (including phenoxy) is 1. The number of hydrogen-bond acceptors (Lipinski definition) is 5. The third kappa shape index (κ3) is 4.05. The van der Waals surface area contributed by atoms with Gasteiger partial charge in [0, 0.05) is 17.6 Å². The molecule has 0 radical (unpaired) electrons. The average molecular weight is 347 g/mol. The summed E-state index contributed by atoms with van der Waals surface area (Å²) in [7, 11) is 1.33. The van der Waals surface area contributed by atoms with Crippen LogP contribution in [0.25, 0.3) is 0 Å². The van der Waals surface area contributed by atoms with Crippen molar-refractivity contribution in [3.63, 3.8) is 0 Å². The SMILES string of the molecule is COC(=O)c1ccccc1Nc1ccnc(C(=O)Nc2ccccc2)c1. The number of methoxy groups -OCH3 is 1. The van der Waals surface area contributed by atoms with Crippen molar-refractivity contribution >= 4 is 28.9 Å². The topological polar surface area (TPSA) is 80.3 Å². The lowest BCUT2D eigenvalue weighted by atomic mass is 10.1. The maximum Gasteiger partial charge on any atom is 0.339 e. The number of amides is 1. The van der Waals surface area contributed by atoms with E-state index < -0.39 is 5.97 Å². The minimum absolute atomic E-state index is 0.259. The van der Waals surface area contributed by atoms with Gasteiger partial charge in [0.2, 0.25) is 0 Å². The number of nitrogens with one attached hydrogen (secondary N) is 2. The van der Waals surface area contributed by atoms with Crippen molar-refractivity contribution < 1.29 is 14.3 Å². The van der Waals surface area contributed by atoms with Gasteiger partial charge < -0.3 is 15.4 Å².